The summed E-state index contributed by atoms with van der Waals surface area (Å²) in [7, 11) is 7.84. The maximum absolute atomic E-state index is 11.3. The van der Waals surface area contributed by atoms with E-state index in [2.05, 4.69) is 31.0 Å². The van der Waals surface area contributed by atoms with Gasteiger partial charge in [-0.25, -0.2) is 10.4 Å². The Morgan fingerprint density at radius 2 is 1.33 bits per heavy atom. The molecule has 3 aromatic rings. The van der Waals surface area contributed by atoms with Gasteiger partial charge in [-0.2, -0.15) is 15.2 Å². The predicted octanol–water partition coefficient (Wildman–Crippen LogP) is 3.41. The van der Waals surface area contributed by atoms with Crippen LogP contribution in [-0.2, 0) is 0 Å². The maximum atomic E-state index is 11.3. The van der Waals surface area contributed by atoms with E-state index in [1.807, 2.05) is 86.5 Å². The van der Waals surface area contributed by atoms with E-state index < -0.39 is 4.92 Å². The van der Waals surface area contributed by atoms with Crippen molar-refractivity contribution in [1.29, 1.82) is 0 Å². The van der Waals surface area contributed by atoms with Gasteiger partial charge in [0.1, 0.15) is 6.20 Å². The van der Waals surface area contributed by atoms with Crippen molar-refractivity contribution < 1.29 is 4.92 Å². The fourth-order valence-corrected chi connectivity index (χ4v) is 2.69. The van der Waals surface area contributed by atoms with Crippen molar-refractivity contribution in [3.05, 3.63) is 76.0 Å². The van der Waals surface area contributed by atoms with Crippen molar-refractivity contribution in [2.45, 2.75) is 0 Å². The number of rotatable bonds is 9. The third-order valence-corrected chi connectivity index (χ3v) is 4.55. The van der Waals surface area contributed by atoms with E-state index in [1.54, 1.807) is 12.4 Å². The Hall–Kier alpha value is -4.54. The molecule has 0 amide bonds. The van der Waals surface area contributed by atoms with Gasteiger partial charge in [0.15, 0.2) is 0 Å². The van der Waals surface area contributed by atoms with Crippen molar-refractivity contribution in [2.75, 3.05) is 48.8 Å². The van der Waals surface area contributed by atoms with Crippen LogP contribution >= 0.6 is 0 Å². The van der Waals surface area contributed by atoms with Crippen molar-refractivity contribution in [2.24, 2.45) is 10.2 Å². The summed E-state index contributed by atoms with van der Waals surface area (Å²) in [5, 5.41) is 19.5. The van der Waals surface area contributed by atoms with Gasteiger partial charge >= 0.3 is 5.69 Å². The molecular formula is C22H25N9O2. The fraction of sp³-hybridized carbons (Fsp3) is 0.182. The van der Waals surface area contributed by atoms with Gasteiger partial charge < -0.3 is 9.80 Å². The van der Waals surface area contributed by atoms with Gasteiger partial charge in [0, 0.05) is 39.6 Å². The number of nitrogens with zero attached hydrogens (tertiary/aromatic N) is 7. The quantitative estimate of drug-likeness (QED) is 0.290. The summed E-state index contributed by atoms with van der Waals surface area (Å²) < 4.78 is 0. The van der Waals surface area contributed by atoms with E-state index in [1.165, 1.54) is 0 Å². The van der Waals surface area contributed by atoms with Crippen LogP contribution in [0.2, 0.25) is 0 Å². The number of aromatic nitrogens is 2. The summed E-state index contributed by atoms with van der Waals surface area (Å²) in [6.07, 6.45) is 4.25. The molecule has 0 saturated carbocycles. The first kappa shape index (κ1) is 23.1. The minimum absolute atomic E-state index is 0.0517. The Morgan fingerprint density at radius 3 is 1.79 bits per heavy atom. The summed E-state index contributed by atoms with van der Waals surface area (Å²) in [4.78, 5) is 22.8. The number of anilines is 4. The molecule has 2 N–H and O–H groups in total. The van der Waals surface area contributed by atoms with Crippen molar-refractivity contribution in [3.63, 3.8) is 0 Å². The van der Waals surface area contributed by atoms with Gasteiger partial charge in [-0.15, -0.1) is 0 Å². The molecule has 0 aliphatic carbocycles. The largest absolute Gasteiger partial charge is 0.378 e. The van der Waals surface area contributed by atoms with E-state index in [0.717, 1.165) is 28.7 Å². The molecule has 0 fully saturated rings. The van der Waals surface area contributed by atoms with Gasteiger partial charge in [0.05, 0.1) is 17.4 Å². The van der Waals surface area contributed by atoms with Crippen LogP contribution in [0.5, 0.6) is 0 Å². The summed E-state index contributed by atoms with van der Waals surface area (Å²) in [6.45, 7) is 0. The van der Waals surface area contributed by atoms with E-state index in [0.29, 0.717) is 0 Å². The fourth-order valence-electron chi connectivity index (χ4n) is 2.69. The molecule has 33 heavy (non-hydrogen) atoms. The molecule has 11 heteroatoms. The smallest absolute Gasteiger partial charge is 0.331 e. The first-order valence-corrected chi connectivity index (χ1v) is 9.98. The lowest BCUT2D eigenvalue weighted by Gasteiger charge is -2.11. The topological polar surface area (TPSA) is 124 Å². The second-order valence-electron chi connectivity index (χ2n) is 7.40. The molecule has 0 spiro atoms. The third kappa shape index (κ3) is 6.47. The Labute approximate surface area is 191 Å². The van der Waals surface area contributed by atoms with Crippen LogP contribution in [0, 0.1) is 10.1 Å². The molecule has 0 bridgehead atoms. The zero-order chi connectivity index (χ0) is 23.8. The number of nitrogens with one attached hydrogen (secondary N) is 2. The number of nitro groups is 1. The van der Waals surface area contributed by atoms with Crippen LogP contribution in [-0.4, -0.2) is 55.5 Å². The molecule has 170 valence electrons. The Morgan fingerprint density at radius 1 is 0.848 bits per heavy atom. The van der Waals surface area contributed by atoms with Crippen molar-refractivity contribution >= 4 is 41.3 Å². The zero-order valence-corrected chi connectivity index (χ0v) is 18.8. The lowest BCUT2D eigenvalue weighted by atomic mass is 10.2. The molecule has 0 saturated heterocycles. The Bertz CT molecular complexity index is 1140. The van der Waals surface area contributed by atoms with Gasteiger partial charge in [0.25, 0.3) is 0 Å². The standard InChI is InChI=1S/C22H25N9O2/c1-29(2)18-9-5-16(6-10-18)13-24-27-21-20(31(32)33)15-23-22(26-21)28-25-14-17-7-11-19(12-8-17)30(3)4/h5-15H,1-4H3,(H2,23,26,27,28)/b24-13+,25-14+. The summed E-state index contributed by atoms with van der Waals surface area (Å²) in [5.41, 5.74) is 8.82. The third-order valence-electron chi connectivity index (χ3n) is 4.55. The van der Waals surface area contributed by atoms with Crippen molar-refractivity contribution in [3.8, 4) is 0 Å². The molecule has 1 aromatic heterocycles. The highest BCUT2D eigenvalue weighted by molar-refractivity contribution is 5.81. The first-order valence-electron chi connectivity index (χ1n) is 9.98. The lowest BCUT2D eigenvalue weighted by molar-refractivity contribution is -0.384. The molecule has 0 aliphatic heterocycles. The SMILES string of the molecule is CN(C)c1ccc(/C=N/Nc2ncc([N+](=O)[O-])c(N/N=C/c3ccc(N(C)C)cc3)n2)cc1. The Kier molecular flexibility index (Phi) is 7.47. The van der Waals surface area contributed by atoms with E-state index >= 15 is 0 Å². The zero-order valence-electron chi connectivity index (χ0n) is 18.8. The van der Waals surface area contributed by atoms with E-state index in [4.69, 9.17) is 0 Å². The molecule has 3 rings (SSSR count). The van der Waals surface area contributed by atoms with Crippen LogP contribution in [0.4, 0.5) is 28.8 Å². The highest BCUT2D eigenvalue weighted by Gasteiger charge is 2.16. The highest BCUT2D eigenvalue weighted by Crippen LogP contribution is 2.22. The predicted molar refractivity (Wildman–Crippen MR) is 133 cm³/mol. The van der Waals surface area contributed by atoms with Gasteiger partial charge in [0.2, 0.25) is 11.8 Å². The minimum Gasteiger partial charge on any atom is -0.378 e. The molecule has 0 unspecified atom stereocenters. The average Bonchev–Trinajstić information content (AvgIpc) is 2.80. The summed E-state index contributed by atoms with van der Waals surface area (Å²) in [5.74, 6) is 0.0407. The second kappa shape index (κ2) is 10.7. The van der Waals surface area contributed by atoms with Gasteiger partial charge in [-0.3, -0.25) is 15.5 Å². The molecule has 11 nitrogen and oxygen atoms in total. The first-order chi connectivity index (χ1) is 15.8. The maximum Gasteiger partial charge on any atom is 0.331 e. The van der Waals surface area contributed by atoms with Crippen LogP contribution in [0.3, 0.4) is 0 Å². The molecular weight excluding hydrogens is 422 g/mol. The highest BCUT2D eigenvalue weighted by atomic mass is 16.6. The number of hydrogen-bond acceptors (Lipinski definition) is 10. The summed E-state index contributed by atoms with van der Waals surface area (Å²) >= 11 is 0. The molecule has 0 atom stereocenters. The molecule has 0 aliphatic rings. The molecule has 1 heterocycles. The van der Waals surface area contributed by atoms with E-state index in [-0.39, 0.29) is 17.5 Å². The number of hydrazone groups is 2. The minimum atomic E-state index is -0.580. The molecule has 2 aromatic carbocycles. The van der Waals surface area contributed by atoms with Crippen LogP contribution < -0.4 is 20.7 Å². The monoisotopic (exact) mass is 447 g/mol. The van der Waals surface area contributed by atoms with E-state index in [9.17, 15) is 10.1 Å². The van der Waals surface area contributed by atoms with Crippen LogP contribution in [0.1, 0.15) is 11.1 Å². The number of benzene rings is 2. The molecule has 0 radical (unpaired) electrons. The van der Waals surface area contributed by atoms with Gasteiger partial charge in [-0.1, -0.05) is 24.3 Å². The normalized spacial score (nSPS) is 11.0. The average molecular weight is 448 g/mol. The van der Waals surface area contributed by atoms with Crippen LogP contribution in [0.15, 0.2) is 64.9 Å². The van der Waals surface area contributed by atoms with Crippen LogP contribution in [0.25, 0.3) is 0 Å². The van der Waals surface area contributed by atoms with Crippen molar-refractivity contribution in [1.82, 2.24) is 9.97 Å². The Balaban J connectivity index is 1.69. The lowest BCUT2D eigenvalue weighted by Crippen LogP contribution is -2.08. The van der Waals surface area contributed by atoms with Gasteiger partial charge in [-0.05, 0) is 35.4 Å². The summed E-state index contributed by atoms with van der Waals surface area (Å²) in [6, 6.07) is 15.5. The second-order valence-corrected chi connectivity index (χ2v) is 7.40. The number of hydrogen-bond donors (Lipinski definition) is 2.